The number of hydrogen-bond donors (Lipinski definition) is 0. The van der Waals surface area contributed by atoms with Gasteiger partial charge in [0.1, 0.15) is 5.78 Å². The summed E-state index contributed by atoms with van der Waals surface area (Å²) >= 11 is 6.19. The van der Waals surface area contributed by atoms with Crippen molar-refractivity contribution in [1.82, 2.24) is 4.90 Å². The summed E-state index contributed by atoms with van der Waals surface area (Å²) in [4.78, 5) is 25.6. The monoisotopic (exact) mass is 279 g/mol. The van der Waals surface area contributed by atoms with Gasteiger partial charge in [0.2, 0.25) is 5.91 Å². The first-order valence-electron chi connectivity index (χ1n) is 6.49. The number of rotatable bonds is 2. The fraction of sp³-hybridized carbons (Fsp3) is 0.467. The van der Waals surface area contributed by atoms with Gasteiger partial charge in [-0.3, -0.25) is 9.59 Å². The molecule has 4 heteroatoms. The molecule has 3 nitrogen and oxygen atoms in total. The third-order valence-electron chi connectivity index (χ3n) is 3.69. The van der Waals surface area contributed by atoms with E-state index in [2.05, 4.69) is 0 Å². The van der Waals surface area contributed by atoms with Gasteiger partial charge in [-0.15, -0.1) is 0 Å². The Bertz CT molecular complexity index is 501. The van der Waals surface area contributed by atoms with Crippen LogP contribution in [0.4, 0.5) is 0 Å². The maximum absolute atomic E-state index is 12.6. The first-order chi connectivity index (χ1) is 8.93. The van der Waals surface area contributed by atoms with Gasteiger partial charge < -0.3 is 4.90 Å². The quantitative estimate of drug-likeness (QED) is 0.835. The van der Waals surface area contributed by atoms with Gasteiger partial charge in [-0.05, 0) is 25.5 Å². The maximum Gasteiger partial charge on any atom is 0.232 e. The van der Waals surface area contributed by atoms with E-state index < -0.39 is 5.41 Å². The Morgan fingerprint density at radius 2 is 1.79 bits per heavy atom. The molecule has 0 atom stereocenters. The number of nitrogens with zero attached hydrogens (tertiary/aromatic N) is 1. The molecular weight excluding hydrogens is 262 g/mol. The largest absolute Gasteiger partial charge is 0.341 e. The van der Waals surface area contributed by atoms with Gasteiger partial charge in [-0.2, -0.15) is 0 Å². The fourth-order valence-corrected chi connectivity index (χ4v) is 2.81. The van der Waals surface area contributed by atoms with E-state index >= 15 is 0 Å². The van der Waals surface area contributed by atoms with Crippen LogP contribution in [0, 0.1) is 0 Å². The summed E-state index contributed by atoms with van der Waals surface area (Å²) in [5.41, 5.74) is 0.164. The van der Waals surface area contributed by atoms with Crippen molar-refractivity contribution in [3.63, 3.8) is 0 Å². The molecule has 19 heavy (non-hydrogen) atoms. The molecule has 2 rings (SSSR count). The normalized spacial score (nSPS) is 16.6. The lowest BCUT2D eigenvalue weighted by atomic mass is 9.82. The van der Waals surface area contributed by atoms with Gasteiger partial charge >= 0.3 is 0 Å². The predicted octanol–water partition coefficient (Wildman–Crippen LogP) is 2.81. The molecule has 1 fully saturated rings. The summed E-state index contributed by atoms with van der Waals surface area (Å²) in [7, 11) is 0. The summed E-state index contributed by atoms with van der Waals surface area (Å²) in [6.45, 7) is 4.80. The Kier molecular flexibility index (Phi) is 3.95. The summed E-state index contributed by atoms with van der Waals surface area (Å²) in [6.07, 6.45) is 0.925. The molecule has 1 amide bonds. The lowest BCUT2D eigenvalue weighted by Crippen LogP contribution is -2.47. The first kappa shape index (κ1) is 14.1. The molecule has 0 bridgehead atoms. The third kappa shape index (κ3) is 2.81. The van der Waals surface area contributed by atoms with Crippen LogP contribution in [0.3, 0.4) is 0 Å². The van der Waals surface area contributed by atoms with Gasteiger partial charge in [0, 0.05) is 31.0 Å². The van der Waals surface area contributed by atoms with E-state index in [1.807, 2.05) is 32.0 Å². The lowest BCUT2D eigenvalue weighted by molar-refractivity contribution is -0.139. The SMILES string of the molecule is CC(C)(C(=O)N1CCC(=O)CC1)c1ccccc1Cl. The number of amides is 1. The number of piperidine rings is 1. The van der Waals surface area contributed by atoms with Gasteiger partial charge in [0.25, 0.3) is 0 Å². The topological polar surface area (TPSA) is 37.4 Å². The van der Waals surface area contributed by atoms with Crippen molar-refractivity contribution in [2.75, 3.05) is 13.1 Å². The Morgan fingerprint density at radius 1 is 1.21 bits per heavy atom. The van der Waals surface area contributed by atoms with Crippen LogP contribution in [0.1, 0.15) is 32.3 Å². The number of hydrogen-bond acceptors (Lipinski definition) is 2. The Morgan fingerprint density at radius 3 is 2.37 bits per heavy atom. The van der Waals surface area contributed by atoms with Crippen LogP contribution in [0.25, 0.3) is 0 Å². The van der Waals surface area contributed by atoms with Crippen LogP contribution in [0.15, 0.2) is 24.3 Å². The molecule has 0 N–H and O–H groups in total. The van der Waals surface area contributed by atoms with E-state index in [1.54, 1.807) is 11.0 Å². The number of benzene rings is 1. The number of Topliss-reactive ketones (excluding diaryl/α,β-unsaturated/α-hetero) is 1. The van der Waals surface area contributed by atoms with E-state index in [-0.39, 0.29) is 11.7 Å². The van der Waals surface area contributed by atoms with Crippen molar-refractivity contribution in [3.8, 4) is 0 Å². The number of ketones is 1. The Hall–Kier alpha value is -1.35. The van der Waals surface area contributed by atoms with Crippen LogP contribution in [-0.2, 0) is 15.0 Å². The molecule has 0 unspecified atom stereocenters. The zero-order chi connectivity index (χ0) is 14.0. The molecule has 0 aromatic heterocycles. The molecule has 0 spiro atoms. The van der Waals surface area contributed by atoms with Crippen LogP contribution in [-0.4, -0.2) is 29.7 Å². The van der Waals surface area contributed by atoms with Crippen molar-refractivity contribution >= 4 is 23.3 Å². The number of carbonyl (C=O) groups excluding carboxylic acids is 2. The van der Waals surface area contributed by atoms with Gasteiger partial charge in [-0.1, -0.05) is 29.8 Å². The highest BCUT2D eigenvalue weighted by Gasteiger charge is 2.36. The van der Waals surface area contributed by atoms with Crippen molar-refractivity contribution in [3.05, 3.63) is 34.9 Å². The molecule has 0 aliphatic carbocycles. The fourth-order valence-electron chi connectivity index (χ4n) is 2.44. The van der Waals surface area contributed by atoms with E-state index in [9.17, 15) is 9.59 Å². The van der Waals surface area contributed by atoms with Crippen LogP contribution >= 0.6 is 11.6 Å². The smallest absolute Gasteiger partial charge is 0.232 e. The van der Waals surface area contributed by atoms with Crippen LogP contribution in [0.2, 0.25) is 5.02 Å². The van der Waals surface area contributed by atoms with Crippen molar-refractivity contribution in [2.24, 2.45) is 0 Å². The van der Waals surface area contributed by atoms with Crippen molar-refractivity contribution < 1.29 is 9.59 Å². The molecule has 1 aliphatic heterocycles. The third-order valence-corrected chi connectivity index (χ3v) is 4.02. The average Bonchev–Trinajstić information content (AvgIpc) is 2.39. The van der Waals surface area contributed by atoms with Gasteiger partial charge in [0.05, 0.1) is 5.41 Å². The molecule has 102 valence electrons. The zero-order valence-corrected chi connectivity index (χ0v) is 12.0. The minimum atomic E-state index is -0.668. The maximum atomic E-state index is 12.6. The van der Waals surface area contributed by atoms with Gasteiger partial charge in [-0.25, -0.2) is 0 Å². The molecule has 1 heterocycles. The van der Waals surface area contributed by atoms with Gasteiger partial charge in [0.15, 0.2) is 0 Å². The van der Waals surface area contributed by atoms with Crippen LogP contribution in [0.5, 0.6) is 0 Å². The highest BCUT2D eigenvalue weighted by Crippen LogP contribution is 2.32. The standard InChI is InChI=1S/C15H18ClNO2/c1-15(2,12-5-3-4-6-13(12)16)14(19)17-9-7-11(18)8-10-17/h3-6H,7-10H2,1-2H3. The summed E-state index contributed by atoms with van der Waals surface area (Å²) in [5.74, 6) is 0.271. The van der Waals surface area contributed by atoms with E-state index in [4.69, 9.17) is 11.6 Å². The summed E-state index contributed by atoms with van der Waals surface area (Å²) in [5, 5.41) is 0.605. The van der Waals surface area contributed by atoms with Crippen molar-refractivity contribution in [2.45, 2.75) is 32.1 Å². The molecule has 1 aromatic rings. The minimum Gasteiger partial charge on any atom is -0.341 e. The zero-order valence-electron chi connectivity index (χ0n) is 11.3. The number of likely N-dealkylation sites (tertiary alicyclic amines) is 1. The second-order valence-corrected chi connectivity index (χ2v) is 5.84. The summed E-state index contributed by atoms with van der Waals surface area (Å²) < 4.78 is 0. The molecule has 1 aromatic carbocycles. The first-order valence-corrected chi connectivity index (χ1v) is 6.87. The molecule has 0 saturated carbocycles. The molecular formula is C15H18ClNO2. The predicted molar refractivity (Wildman–Crippen MR) is 75.3 cm³/mol. The summed E-state index contributed by atoms with van der Waals surface area (Å²) in [6, 6.07) is 7.42. The van der Waals surface area contributed by atoms with Crippen LogP contribution < -0.4 is 0 Å². The Balaban J connectivity index is 2.22. The molecule has 1 saturated heterocycles. The minimum absolute atomic E-state index is 0.0353. The lowest BCUT2D eigenvalue weighted by Gasteiger charge is -2.34. The molecule has 1 aliphatic rings. The number of halogens is 1. The second kappa shape index (κ2) is 5.33. The average molecular weight is 280 g/mol. The van der Waals surface area contributed by atoms with E-state index in [0.717, 1.165) is 5.56 Å². The highest BCUT2D eigenvalue weighted by atomic mass is 35.5. The van der Waals surface area contributed by atoms with E-state index in [1.165, 1.54) is 0 Å². The number of carbonyl (C=O) groups is 2. The second-order valence-electron chi connectivity index (χ2n) is 5.44. The van der Waals surface area contributed by atoms with Crippen molar-refractivity contribution in [1.29, 1.82) is 0 Å². The highest BCUT2D eigenvalue weighted by molar-refractivity contribution is 6.31. The van der Waals surface area contributed by atoms with E-state index in [0.29, 0.717) is 31.0 Å². The Labute approximate surface area is 118 Å². The molecule has 0 radical (unpaired) electrons.